The van der Waals surface area contributed by atoms with Crippen molar-refractivity contribution in [2.24, 2.45) is 0 Å². The minimum Gasteiger partial charge on any atom is -0.147 e. The van der Waals surface area contributed by atoms with Crippen LogP contribution in [0, 0.1) is 0 Å². The van der Waals surface area contributed by atoms with E-state index >= 15 is 0 Å². The molecule has 0 bridgehead atoms. The number of allylic oxidation sites excluding steroid dienone is 1. The summed E-state index contributed by atoms with van der Waals surface area (Å²) in [5.74, 6) is 2.69. The van der Waals surface area contributed by atoms with E-state index in [9.17, 15) is 0 Å². The first-order valence-corrected chi connectivity index (χ1v) is 7.50. The van der Waals surface area contributed by atoms with E-state index in [0.717, 1.165) is 4.58 Å². The van der Waals surface area contributed by atoms with Gasteiger partial charge in [-0.15, -0.1) is 23.5 Å². The molecule has 0 spiro atoms. The van der Waals surface area contributed by atoms with Gasteiger partial charge in [-0.1, -0.05) is 42.5 Å². The molecule has 0 nitrogen and oxygen atoms in total. The van der Waals surface area contributed by atoms with Gasteiger partial charge in [0.05, 0.1) is 4.58 Å². The van der Waals surface area contributed by atoms with E-state index in [0.29, 0.717) is 0 Å². The van der Waals surface area contributed by atoms with Gasteiger partial charge in [0.25, 0.3) is 0 Å². The van der Waals surface area contributed by atoms with Crippen LogP contribution in [0.2, 0.25) is 0 Å². The summed E-state index contributed by atoms with van der Waals surface area (Å²) in [4.78, 5) is 0. The van der Waals surface area contributed by atoms with Crippen LogP contribution in [0.25, 0.3) is 6.08 Å². The fourth-order valence-corrected chi connectivity index (χ4v) is 4.34. The number of hydrogen-bond donors (Lipinski definition) is 0. The van der Waals surface area contributed by atoms with Gasteiger partial charge in [0, 0.05) is 0 Å². The van der Waals surface area contributed by atoms with E-state index < -0.39 is 0 Å². The molecule has 1 fully saturated rings. The van der Waals surface area contributed by atoms with E-state index in [2.05, 4.69) is 66.0 Å². The van der Waals surface area contributed by atoms with Gasteiger partial charge in [0.1, 0.15) is 0 Å². The highest BCUT2D eigenvalue weighted by Crippen LogP contribution is 2.33. The fraction of sp³-hybridized carbons (Fsp3) is 0.385. The van der Waals surface area contributed by atoms with Gasteiger partial charge in [-0.25, -0.2) is 0 Å². The Morgan fingerprint density at radius 1 is 1.13 bits per heavy atom. The van der Waals surface area contributed by atoms with E-state index in [1.165, 1.54) is 29.9 Å². The second kappa shape index (κ2) is 6.29. The number of benzene rings is 1. The minimum atomic E-state index is 0.790. The van der Waals surface area contributed by atoms with Crippen LogP contribution in [0.5, 0.6) is 0 Å². The van der Waals surface area contributed by atoms with Gasteiger partial charge in [-0.05, 0) is 29.9 Å². The maximum absolute atomic E-state index is 2.31. The molecular weight excluding hydrogens is 220 g/mol. The maximum atomic E-state index is 2.31. The van der Waals surface area contributed by atoms with Crippen LogP contribution in [0.1, 0.15) is 18.4 Å². The lowest BCUT2D eigenvalue weighted by Crippen LogP contribution is -2.04. The van der Waals surface area contributed by atoms with Crippen molar-refractivity contribution in [1.29, 1.82) is 0 Å². The summed E-state index contributed by atoms with van der Waals surface area (Å²) in [5.41, 5.74) is 1.31. The minimum absolute atomic E-state index is 0.790. The van der Waals surface area contributed by atoms with Crippen LogP contribution in [0.3, 0.4) is 0 Å². The third kappa shape index (κ3) is 3.96. The molecule has 0 unspecified atom stereocenters. The van der Waals surface area contributed by atoms with Gasteiger partial charge in [-0.2, -0.15) is 0 Å². The molecule has 0 aliphatic carbocycles. The molecule has 1 heterocycles. The quantitative estimate of drug-likeness (QED) is 0.768. The molecule has 15 heavy (non-hydrogen) atoms. The SMILES string of the molecule is C(=C\c1ccccc1)/CC1SCCCS1. The molecule has 0 saturated carbocycles. The van der Waals surface area contributed by atoms with Gasteiger partial charge >= 0.3 is 0 Å². The van der Waals surface area contributed by atoms with Crippen molar-refractivity contribution in [3.63, 3.8) is 0 Å². The largest absolute Gasteiger partial charge is 0.147 e. The van der Waals surface area contributed by atoms with E-state index in [1.54, 1.807) is 0 Å². The molecule has 0 atom stereocenters. The third-order valence-electron chi connectivity index (χ3n) is 2.33. The van der Waals surface area contributed by atoms with Gasteiger partial charge < -0.3 is 0 Å². The van der Waals surface area contributed by atoms with Crippen molar-refractivity contribution in [1.82, 2.24) is 0 Å². The lowest BCUT2D eigenvalue weighted by Gasteiger charge is -2.18. The van der Waals surface area contributed by atoms with Crippen LogP contribution < -0.4 is 0 Å². The summed E-state index contributed by atoms with van der Waals surface area (Å²) in [7, 11) is 0. The van der Waals surface area contributed by atoms with Crippen LogP contribution >= 0.6 is 23.5 Å². The smallest absolute Gasteiger partial charge is 0.0536 e. The van der Waals surface area contributed by atoms with Crippen LogP contribution in [0.4, 0.5) is 0 Å². The molecule has 1 aromatic rings. The average molecular weight is 236 g/mol. The van der Waals surface area contributed by atoms with Crippen LogP contribution in [-0.2, 0) is 0 Å². The van der Waals surface area contributed by atoms with Gasteiger partial charge in [0.2, 0.25) is 0 Å². The summed E-state index contributed by atoms with van der Waals surface area (Å²) in [6, 6.07) is 10.5. The topological polar surface area (TPSA) is 0 Å². The van der Waals surface area contributed by atoms with Crippen molar-refractivity contribution in [3.8, 4) is 0 Å². The Kier molecular flexibility index (Phi) is 4.68. The van der Waals surface area contributed by atoms with Gasteiger partial charge in [-0.3, -0.25) is 0 Å². The predicted molar refractivity (Wildman–Crippen MR) is 73.4 cm³/mol. The molecule has 1 aliphatic rings. The Balaban J connectivity index is 1.79. The predicted octanol–water partition coefficient (Wildman–Crippen LogP) is 4.29. The third-order valence-corrected chi connectivity index (χ3v) is 5.33. The number of thioether (sulfide) groups is 2. The fourth-order valence-electron chi connectivity index (χ4n) is 1.55. The summed E-state index contributed by atoms with van der Waals surface area (Å²) in [6.45, 7) is 0. The molecular formula is C13H16S2. The maximum Gasteiger partial charge on any atom is 0.0536 e. The van der Waals surface area contributed by atoms with Crippen molar-refractivity contribution in [3.05, 3.63) is 42.0 Å². The zero-order valence-corrected chi connectivity index (χ0v) is 10.4. The van der Waals surface area contributed by atoms with Crippen molar-refractivity contribution in [2.45, 2.75) is 17.4 Å². The molecule has 1 aliphatic heterocycles. The highest BCUT2D eigenvalue weighted by molar-refractivity contribution is 8.17. The lowest BCUT2D eigenvalue weighted by molar-refractivity contribution is 1.07. The van der Waals surface area contributed by atoms with Crippen LogP contribution in [-0.4, -0.2) is 16.1 Å². The zero-order chi connectivity index (χ0) is 10.3. The molecule has 0 amide bonds. The van der Waals surface area contributed by atoms with E-state index in [4.69, 9.17) is 0 Å². The highest BCUT2D eigenvalue weighted by atomic mass is 32.2. The van der Waals surface area contributed by atoms with Crippen molar-refractivity contribution in [2.75, 3.05) is 11.5 Å². The molecule has 2 heteroatoms. The Hall–Kier alpha value is -0.340. The monoisotopic (exact) mass is 236 g/mol. The molecule has 80 valence electrons. The zero-order valence-electron chi connectivity index (χ0n) is 8.76. The lowest BCUT2D eigenvalue weighted by atomic mass is 10.2. The Labute approximate surface area is 101 Å². The second-order valence-corrected chi connectivity index (χ2v) is 6.49. The van der Waals surface area contributed by atoms with Crippen molar-refractivity contribution >= 4 is 29.6 Å². The first-order chi connectivity index (χ1) is 7.45. The molecule has 0 aromatic heterocycles. The van der Waals surface area contributed by atoms with Crippen molar-refractivity contribution < 1.29 is 0 Å². The number of hydrogen-bond acceptors (Lipinski definition) is 2. The first kappa shape index (κ1) is 11.2. The van der Waals surface area contributed by atoms with Crippen LogP contribution in [0.15, 0.2) is 36.4 Å². The van der Waals surface area contributed by atoms with Gasteiger partial charge in [0.15, 0.2) is 0 Å². The Morgan fingerprint density at radius 2 is 1.87 bits per heavy atom. The Bertz CT molecular complexity index is 300. The first-order valence-electron chi connectivity index (χ1n) is 5.40. The summed E-state index contributed by atoms with van der Waals surface area (Å²) < 4.78 is 0.790. The molecule has 2 rings (SSSR count). The second-order valence-electron chi connectivity index (χ2n) is 3.57. The summed E-state index contributed by atoms with van der Waals surface area (Å²) in [6.07, 6.45) is 7.12. The number of rotatable bonds is 3. The highest BCUT2D eigenvalue weighted by Gasteiger charge is 2.11. The average Bonchev–Trinajstić information content (AvgIpc) is 2.32. The Morgan fingerprint density at radius 3 is 2.60 bits per heavy atom. The summed E-state index contributed by atoms with van der Waals surface area (Å²) >= 11 is 4.22. The molecule has 1 aromatic carbocycles. The molecule has 0 radical (unpaired) electrons. The van der Waals surface area contributed by atoms with E-state index in [-0.39, 0.29) is 0 Å². The van der Waals surface area contributed by atoms with E-state index in [1.807, 2.05) is 0 Å². The molecule has 1 saturated heterocycles. The standard InChI is InChI=1S/C13H16S2/c1-2-6-12(7-3-1)8-4-9-13-14-10-5-11-15-13/h1-4,6-8,13H,5,9-11H2/b8-4+. The molecule has 0 N–H and O–H groups in total. The summed E-state index contributed by atoms with van der Waals surface area (Å²) in [5, 5.41) is 0. The normalized spacial score (nSPS) is 18.4.